The summed E-state index contributed by atoms with van der Waals surface area (Å²) < 4.78 is 56.2. The van der Waals surface area contributed by atoms with E-state index < -0.39 is 51.6 Å². The maximum absolute atomic E-state index is 15.2. The van der Waals surface area contributed by atoms with Gasteiger partial charge in [0.05, 0.1) is 49.2 Å². The summed E-state index contributed by atoms with van der Waals surface area (Å²) in [5.41, 5.74) is -0.899. The lowest BCUT2D eigenvalue weighted by Crippen LogP contribution is -2.22. The molecule has 3 N–H and O–H groups in total. The fourth-order valence-corrected chi connectivity index (χ4v) is 4.78. The molecule has 1 aromatic heterocycles. The number of fused-ring (bicyclic) bond motifs is 1. The normalized spacial score (nSPS) is 11.1. The van der Waals surface area contributed by atoms with Gasteiger partial charge in [0.15, 0.2) is 11.6 Å². The summed E-state index contributed by atoms with van der Waals surface area (Å²) in [6, 6.07) is 7.31. The van der Waals surface area contributed by atoms with E-state index in [1.807, 2.05) is 0 Å². The quantitative estimate of drug-likeness (QED) is 0.183. The molecular weight excluding hydrogens is 565 g/mol. The lowest BCUT2D eigenvalue weighted by Gasteiger charge is -2.20. The van der Waals surface area contributed by atoms with Crippen LogP contribution in [0.25, 0.3) is 16.6 Å². The molecule has 0 bridgehead atoms. The molecule has 3 aromatic carbocycles. The van der Waals surface area contributed by atoms with Gasteiger partial charge in [0, 0.05) is 29.4 Å². The number of methoxy groups -OCH3 is 1. The number of aliphatic hydroxyl groups is 2. The molecule has 4 rings (SSSR count). The number of hydrogen-bond acceptors (Lipinski definition) is 7. The molecule has 0 amide bonds. The number of nitrogens with zero attached hydrogens (tertiary/aromatic N) is 1. The summed E-state index contributed by atoms with van der Waals surface area (Å²) in [4.78, 5) is 26.0. The standard InChI is InChI=1S/C29H26ClF3N2O6/c1-4-41-29(39)18-11-35(27-23(28(18)38)14(2)25(32)26(33)24(27)30)21-9-20(19(31)8-17(21)13-37)34-10-16-6-5-15(12-36)7-22(16)40-3/h5-9,11,34,36-37H,4,10,12-13H2,1-3H3. The highest BCUT2D eigenvalue weighted by molar-refractivity contribution is 6.35. The van der Waals surface area contributed by atoms with Crippen molar-refractivity contribution in [3.05, 3.63) is 97.0 Å². The van der Waals surface area contributed by atoms with E-state index in [-0.39, 0.29) is 47.6 Å². The largest absolute Gasteiger partial charge is 0.496 e. The van der Waals surface area contributed by atoms with Crippen molar-refractivity contribution in [1.29, 1.82) is 0 Å². The van der Waals surface area contributed by atoms with Crippen LogP contribution in [0.15, 0.2) is 41.3 Å². The minimum atomic E-state index is -1.42. The van der Waals surface area contributed by atoms with Gasteiger partial charge in [0.25, 0.3) is 0 Å². The van der Waals surface area contributed by atoms with Crippen molar-refractivity contribution in [1.82, 2.24) is 4.57 Å². The number of pyridine rings is 1. The number of aliphatic hydroxyl groups excluding tert-OH is 2. The number of hydrogen-bond donors (Lipinski definition) is 3. The van der Waals surface area contributed by atoms with Gasteiger partial charge >= 0.3 is 5.97 Å². The first-order valence-electron chi connectivity index (χ1n) is 12.4. The molecule has 12 heteroatoms. The van der Waals surface area contributed by atoms with Gasteiger partial charge < -0.3 is 29.6 Å². The second-order valence-electron chi connectivity index (χ2n) is 9.03. The van der Waals surface area contributed by atoms with Crippen LogP contribution in [0.3, 0.4) is 0 Å². The van der Waals surface area contributed by atoms with E-state index in [4.69, 9.17) is 21.1 Å². The van der Waals surface area contributed by atoms with Crippen LogP contribution >= 0.6 is 11.6 Å². The maximum atomic E-state index is 15.2. The number of carbonyl (C=O) groups is 1. The van der Waals surface area contributed by atoms with E-state index in [2.05, 4.69) is 5.32 Å². The van der Waals surface area contributed by atoms with Crippen molar-refractivity contribution < 1.29 is 37.7 Å². The number of halogens is 4. The Labute approximate surface area is 237 Å². The number of benzene rings is 3. The fraction of sp³-hybridized carbons (Fsp3) is 0.241. The van der Waals surface area contributed by atoms with Crippen LogP contribution in [-0.4, -0.2) is 34.5 Å². The van der Waals surface area contributed by atoms with Crippen molar-refractivity contribution in [3.63, 3.8) is 0 Å². The minimum Gasteiger partial charge on any atom is -0.496 e. The van der Waals surface area contributed by atoms with Gasteiger partial charge in [-0.25, -0.2) is 18.0 Å². The van der Waals surface area contributed by atoms with Crippen LogP contribution in [0.5, 0.6) is 5.75 Å². The van der Waals surface area contributed by atoms with E-state index in [0.29, 0.717) is 16.9 Å². The predicted molar refractivity (Wildman–Crippen MR) is 147 cm³/mol. The molecule has 4 aromatic rings. The molecule has 0 atom stereocenters. The van der Waals surface area contributed by atoms with Gasteiger partial charge in [0.2, 0.25) is 5.43 Å². The zero-order chi connectivity index (χ0) is 30.0. The Bertz CT molecular complexity index is 1720. The van der Waals surface area contributed by atoms with Crippen molar-refractivity contribution in [2.45, 2.75) is 33.6 Å². The van der Waals surface area contributed by atoms with Gasteiger partial charge in [-0.15, -0.1) is 0 Å². The number of aromatic nitrogens is 1. The molecule has 0 aliphatic rings. The number of esters is 1. The van der Waals surface area contributed by atoms with Crippen molar-refractivity contribution in [2.75, 3.05) is 19.0 Å². The number of anilines is 1. The zero-order valence-electron chi connectivity index (χ0n) is 22.3. The van der Waals surface area contributed by atoms with Crippen molar-refractivity contribution in [3.8, 4) is 11.4 Å². The van der Waals surface area contributed by atoms with Crippen molar-refractivity contribution >= 4 is 34.2 Å². The zero-order valence-corrected chi connectivity index (χ0v) is 23.0. The molecule has 0 spiro atoms. The van der Waals surface area contributed by atoms with Crippen molar-refractivity contribution in [2.24, 2.45) is 0 Å². The van der Waals surface area contributed by atoms with Gasteiger partial charge in [-0.2, -0.15) is 0 Å². The molecule has 0 aliphatic carbocycles. The molecule has 0 unspecified atom stereocenters. The number of aryl methyl sites for hydroxylation is 1. The Morgan fingerprint density at radius 3 is 2.44 bits per heavy atom. The Kier molecular flexibility index (Phi) is 8.91. The van der Waals surface area contributed by atoms with Crippen LogP contribution in [0, 0.1) is 24.4 Å². The first-order chi connectivity index (χ1) is 19.6. The first-order valence-corrected chi connectivity index (χ1v) is 12.8. The van der Waals surface area contributed by atoms with Gasteiger partial charge in [0.1, 0.15) is 22.2 Å². The predicted octanol–water partition coefficient (Wildman–Crippen LogP) is 5.15. The highest BCUT2D eigenvalue weighted by atomic mass is 35.5. The van der Waals surface area contributed by atoms with Crippen LogP contribution in [0.2, 0.25) is 5.02 Å². The van der Waals surface area contributed by atoms with Crippen LogP contribution in [-0.2, 0) is 24.5 Å². The Morgan fingerprint density at radius 1 is 1.07 bits per heavy atom. The van der Waals surface area contributed by atoms with Gasteiger partial charge in [-0.1, -0.05) is 23.7 Å². The molecule has 0 aliphatic heterocycles. The molecule has 0 radical (unpaired) electrons. The highest BCUT2D eigenvalue weighted by Crippen LogP contribution is 2.35. The molecule has 41 heavy (non-hydrogen) atoms. The smallest absolute Gasteiger partial charge is 0.343 e. The molecule has 0 fully saturated rings. The number of carbonyl (C=O) groups excluding carboxylic acids is 1. The SMILES string of the molecule is CCOC(=O)c1cn(-c2cc(NCc3ccc(CO)cc3OC)c(F)cc2CO)c2c(Cl)c(F)c(F)c(C)c2c1=O. The lowest BCUT2D eigenvalue weighted by molar-refractivity contribution is 0.0524. The van der Waals surface area contributed by atoms with Crippen LogP contribution in [0.1, 0.15) is 39.5 Å². The summed E-state index contributed by atoms with van der Waals surface area (Å²) in [7, 11) is 1.45. The average molecular weight is 591 g/mol. The Morgan fingerprint density at radius 2 is 1.80 bits per heavy atom. The number of nitrogens with one attached hydrogen (secondary N) is 1. The highest BCUT2D eigenvalue weighted by Gasteiger charge is 2.26. The third kappa shape index (κ3) is 5.48. The summed E-state index contributed by atoms with van der Waals surface area (Å²) in [5, 5.41) is 21.3. The summed E-state index contributed by atoms with van der Waals surface area (Å²) in [5.74, 6) is -4.10. The second kappa shape index (κ2) is 12.2. The van der Waals surface area contributed by atoms with E-state index in [9.17, 15) is 28.6 Å². The monoisotopic (exact) mass is 590 g/mol. The molecule has 8 nitrogen and oxygen atoms in total. The third-order valence-electron chi connectivity index (χ3n) is 6.60. The molecule has 1 heterocycles. The first kappa shape index (κ1) is 29.9. The minimum absolute atomic E-state index is 0.00357. The van der Waals surface area contributed by atoms with E-state index in [0.717, 1.165) is 23.8 Å². The molecular formula is C29H26ClF3N2O6. The van der Waals surface area contributed by atoms with Gasteiger partial charge in [-0.05, 0) is 37.6 Å². The maximum Gasteiger partial charge on any atom is 0.343 e. The molecule has 0 saturated carbocycles. The van der Waals surface area contributed by atoms with E-state index >= 15 is 4.39 Å². The van der Waals surface area contributed by atoms with E-state index in [1.54, 1.807) is 18.2 Å². The third-order valence-corrected chi connectivity index (χ3v) is 6.95. The fourth-order valence-electron chi connectivity index (χ4n) is 4.51. The summed E-state index contributed by atoms with van der Waals surface area (Å²) >= 11 is 6.21. The topological polar surface area (TPSA) is 110 Å². The Balaban J connectivity index is 1.96. The lowest BCUT2D eigenvalue weighted by atomic mass is 10.0. The van der Waals surface area contributed by atoms with Gasteiger partial charge in [-0.3, -0.25) is 4.79 Å². The average Bonchev–Trinajstić information content (AvgIpc) is 2.97. The number of rotatable bonds is 9. The summed E-state index contributed by atoms with van der Waals surface area (Å²) in [6.45, 7) is 1.82. The Hall–Kier alpha value is -4.06. The second-order valence-corrected chi connectivity index (χ2v) is 9.41. The molecule has 0 saturated heterocycles. The van der Waals surface area contributed by atoms with E-state index in [1.165, 1.54) is 20.1 Å². The van der Waals surface area contributed by atoms with Crippen LogP contribution in [0.4, 0.5) is 18.9 Å². The number of ether oxygens (including phenoxy) is 2. The van der Waals surface area contributed by atoms with Crippen LogP contribution < -0.4 is 15.5 Å². The summed E-state index contributed by atoms with van der Waals surface area (Å²) in [6.07, 6.45) is 1.04. The molecule has 216 valence electrons.